The molecule has 3 aromatic rings. The van der Waals surface area contributed by atoms with E-state index in [2.05, 4.69) is 4.98 Å². The van der Waals surface area contributed by atoms with Gasteiger partial charge in [-0.3, -0.25) is 9.59 Å². The van der Waals surface area contributed by atoms with Gasteiger partial charge in [0.25, 0.3) is 0 Å². The maximum atomic E-state index is 14.3. The van der Waals surface area contributed by atoms with Gasteiger partial charge in [0.05, 0.1) is 33.6 Å². The highest BCUT2D eigenvalue weighted by Gasteiger charge is 2.29. The van der Waals surface area contributed by atoms with E-state index < -0.39 is 0 Å². The second-order valence-electron chi connectivity index (χ2n) is 8.38. The van der Waals surface area contributed by atoms with Crippen LogP contribution in [-0.2, 0) is 27.3 Å². The molecule has 1 atom stereocenters. The average Bonchev–Trinajstić information content (AvgIpc) is 3.15. The zero-order valence-corrected chi connectivity index (χ0v) is 20.4. The Morgan fingerprint density at radius 3 is 2.74 bits per heavy atom. The Kier molecular flexibility index (Phi) is 7.73. The number of aromatic nitrogens is 2. The molecule has 1 amide bonds. The van der Waals surface area contributed by atoms with Crippen LogP contribution in [0, 0.1) is 11.7 Å². The summed E-state index contributed by atoms with van der Waals surface area (Å²) in [5.41, 5.74) is 1.88. The molecule has 180 valence electrons. The van der Waals surface area contributed by atoms with Crippen molar-refractivity contribution in [2.24, 2.45) is 5.92 Å². The molecule has 4 rings (SSSR count). The Balaban J connectivity index is 1.55. The molecule has 0 saturated carbocycles. The van der Waals surface area contributed by atoms with E-state index in [9.17, 15) is 14.0 Å². The fourth-order valence-electron chi connectivity index (χ4n) is 4.39. The number of halogens is 3. The Hall–Kier alpha value is -2.64. The van der Waals surface area contributed by atoms with Crippen molar-refractivity contribution in [1.82, 2.24) is 14.5 Å². The summed E-state index contributed by atoms with van der Waals surface area (Å²) in [6, 6.07) is 9.95. The first kappa shape index (κ1) is 24.5. The number of amides is 1. The molecule has 0 spiro atoms. The van der Waals surface area contributed by atoms with Gasteiger partial charge in [-0.25, -0.2) is 9.37 Å². The van der Waals surface area contributed by atoms with Gasteiger partial charge in [-0.2, -0.15) is 0 Å². The summed E-state index contributed by atoms with van der Waals surface area (Å²) in [7, 11) is 0. The fourth-order valence-corrected chi connectivity index (χ4v) is 4.70. The smallest absolute Gasteiger partial charge is 0.310 e. The molecule has 34 heavy (non-hydrogen) atoms. The van der Waals surface area contributed by atoms with Crippen LogP contribution in [0.5, 0.6) is 0 Å². The molecule has 1 saturated heterocycles. The summed E-state index contributed by atoms with van der Waals surface area (Å²) in [5.74, 6) is -0.280. The van der Waals surface area contributed by atoms with Crippen molar-refractivity contribution in [2.75, 3.05) is 19.7 Å². The van der Waals surface area contributed by atoms with Gasteiger partial charge in [-0.05, 0) is 43.5 Å². The maximum absolute atomic E-state index is 14.3. The molecule has 1 aliphatic rings. The average molecular weight is 506 g/mol. The minimum Gasteiger partial charge on any atom is -0.466 e. The first-order valence-electron chi connectivity index (χ1n) is 11.4. The first-order valence-corrected chi connectivity index (χ1v) is 12.1. The van der Waals surface area contributed by atoms with Crippen LogP contribution in [0.25, 0.3) is 11.0 Å². The molecule has 6 nitrogen and oxygen atoms in total. The minimum atomic E-state index is -0.313. The van der Waals surface area contributed by atoms with Gasteiger partial charge in [0.15, 0.2) is 0 Å². The molecular weight excluding hydrogens is 480 g/mol. The van der Waals surface area contributed by atoms with Crippen molar-refractivity contribution in [3.8, 4) is 0 Å². The van der Waals surface area contributed by atoms with Crippen molar-refractivity contribution in [3.05, 3.63) is 63.6 Å². The van der Waals surface area contributed by atoms with Crippen molar-refractivity contribution in [1.29, 1.82) is 0 Å². The lowest BCUT2D eigenvalue weighted by molar-refractivity contribution is -0.151. The number of likely N-dealkylation sites (tertiary alicyclic amines) is 1. The predicted molar refractivity (Wildman–Crippen MR) is 130 cm³/mol. The number of esters is 1. The largest absolute Gasteiger partial charge is 0.466 e. The Bertz CT molecular complexity index is 1210. The van der Waals surface area contributed by atoms with Crippen LogP contribution in [-0.4, -0.2) is 46.0 Å². The van der Waals surface area contributed by atoms with Gasteiger partial charge in [0.1, 0.15) is 11.6 Å². The van der Waals surface area contributed by atoms with E-state index in [1.807, 2.05) is 4.57 Å². The van der Waals surface area contributed by atoms with Crippen LogP contribution < -0.4 is 0 Å². The lowest BCUT2D eigenvalue weighted by Gasteiger charge is -2.31. The Morgan fingerprint density at radius 1 is 1.21 bits per heavy atom. The van der Waals surface area contributed by atoms with Gasteiger partial charge in [-0.1, -0.05) is 41.4 Å². The minimum absolute atomic E-state index is 0.0484. The third kappa shape index (κ3) is 5.36. The van der Waals surface area contributed by atoms with Gasteiger partial charge in [-0.15, -0.1) is 0 Å². The number of imidazole rings is 1. The van der Waals surface area contributed by atoms with E-state index in [1.54, 1.807) is 42.2 Å². The van der Waals surface area contributed by atoms with Gasteiger partial charge in [0.2, 0.25) is 5.91 Å². The number of piperidine rings is 1. The summed E-state index contributed by atoms with van der Waals surface area (Å²) in [4.78, 5) is 31.6. The third-order valence-electron chi connectivity index (χ3n) is 6.12. The number of ether oxygens (including phenoxy) is 1. The van der Waals surface area contributed by atoms with Crippen molar-refractivity contribution < 1.29 is 18.7 Å². The molecular formula is C25H26Cl2FN3O3. The van der Waals surface area contributed by atoms with Gasteiger partial charge in [0, 0.05) is 32.5 Å². The van der Waals surface area contributed by atoms with Crippen LogP contribution in [0.3, 0.4) is 0 Å². The number of fused-ring (bicyclic) bond motifs is 1. The molecule has 0 unspecified atom stereocenters. The molecule has 1 fully saturated rings. The zero-order chi connectivity index (χ0) is 24.2. The van der Waals surface area contributed by atoms with E-state index in [-0.39, 0.29) is 36.5 Å². The molecule has 0 radical (unpaired) electrons. The summed E-state index contributed by atoms with van der Waals surface area (Å²) in [6.07, 6.45) is 1.96. The monoisotopic (exact) mass is 505 g/mol. The molecule has 0 bridgehead atoms. The van der Waals surface area contributed by atoms with E-state index in [1.165, 1.54) is 6.07 Å². The summed E-state index contributed by atoms with van der Waals surface area (Å²) >= 11 is 12.4. The molecule has 9 heteroatoms. The molecule has 0 aliphatic carbocycles. The quantitative estimate of drug-likeness (QED) is 0.410. The van der Waals surface area contributed by atoms with Crippen molar-refractivity contribution >= 4 is 46.1 Å². The summed E-state index contributed by atoms with van der Waals surface area (Å²) in [6.45, 7) is 3.43. The Labute approximate surface area is 207 Å². The predicted octanol–water partition coefficient (Wildman–Crippen LogP) is 5.26. The number of hydrogen-bond donors (Lipinski definition) is 0. The molecule has 1 aliphatic heterocycles. The number of benzene rings is 2. The number of aryl methyl sites for hydroxylation is 1. The topological polar surface area (TPSA) is 64.4 Å². The van der Waals surface area contributed by atoms with Gasteiger partial charge < -0.3 is 14.2 Å². The lowest BCUT2D eigenvalue weighted by atomic mass is 9.98. The second kappa shape index (κ2) is 10.7. The number of hydrogen-bond acceptors (Lipinski definition) is 4. The van der Waals surface area contributed by atoms with E-state index >= 15 is 0 Å². The second-order valence-corrected chi connectivity index (χ2v) is 9.20. The number of carbonyl (C=O) groups is 2. The highest BCUT2D eigenvalue weighted by Crippen LogP contribution is 2.29. The SMILES string of the molecule is CCOC(=O)[C@H]1CCCN(C(=O)CCn2c(Cc3ccccc3F)nc3cc(Cl)c(Cl)cc32)C1. The standard InChI is InChI=1S/C25H26Cl2FN3O3/c1-2-34-25(33)17-7-5-10-30(15-17)24(32)9-11-31-22-14-19(27)18(26)13-21(22)29-23(31)12-16-6-3-4-8-20(16)28/h3-4,6,8,13-14,17H,2,5,7,9-12,15H2,1H3/t17-/m0/s1. The van der Waals surface area contributed by atoms with Crippen molar-refractivity contribution in [2.45, 2.75) is 39.2 Å². The van der Waals surface area contributed by atoms with Crippen LogP contribution >= 0.6 is 23.2 Å². The third-order valence-corrected chi connectivity index (χ3v) is 6.84. The normalized spacial score (nSPS) is 16.1. The van der Waals surface area contributed by atoms with Crippen LogP contribution in [0.15, 0.2) is 36.4 Å². The zero-order valence-electron chi connectivity index (χ0n) is 18.9. The fraction of sp³-hybridized carbons (Fsp3) is 0.400. The molecule has 1 aromatic heterocycles. The summed E-state index contributed by atoms with van der Waals surface area (Å²) < 4.78 is 21.4. The molecule has 0 N–H and O–H groups in total. The van der Waals surface area contributed by atoms with Crippen LogP contribution in [0.1, 0.15) is 37.6 Å². The van der Waals surface area contributed by atoms with Crippen molar-refractivity contribution in [3.63, 3.8) is 0 Å². The number of rotatable bonds is 7. The van der Waals surface area contributed by atoms with Crippen LogP contribution in [0.2, 0.25) is 10.0 Å². The highest BCUT2D eigenvalue weighted by atomic mass is 35.5. The lowest BCUT2D eigenvalue weighted by Crippen LogP contribution is -2.43. The molecule has 2 aromatic carbocycles. The highest BCUT2D eigenvalue weighted by molar-refractivity contribution is 6.42. The summed E-state index contributed by atoms with van der Waals surface area (Å²) in [5, 5.41) is 0.762. The maximum Gasteiger partial charge on any atom is 0.310 e. The van der Waals surface area contributed by atoms with E-state index in [0.29, 0.717) is 53.2 Å². The van der Waals surface area contributed by atoms with E-state index in [4.69, 9.17) is 27.9 Å². The van der Waals surface area contributed by atoms with Crippen LogP contribution in [0.4, 0.5) is 4.39 Å². The first-order chi connectivity index (χ1) is 16.4. The van der Waals surface area contributed by atoms with E-state index in [0.717, 1.165) is 18.4 Å². The number of nitrogens with zero attached hydrogens (tertiary/aromatic N) is 3. The van der Waals surface area contributed by atoms with Gasteiger partial charge >= 0.3 is 5.97 Å². The number of carbonyl (C=O) groups excluding carboxylic acids is 2. The Morgan fingerprint density at radius 2 is 1.97 bits per heavy atom. The molecule has 2 heterocycles.